The number of anilines is 1. The average molecular weight is 332 g/mol. The molecular formula is C13H11F3N2O3S. The van der Waals surface area contributed by atoms with Gasteiger partial charge in [-0.2, -0.15) is 0 Å². The first kappa shape index (κ1) is 16.1. The summed E-state index contributed by atoms with van der Waals surface area (Å²) >= 11 is 0. The van der Waals surface area contributed by atoms with Gasteiger partial charge in [-0.05, 0) is 31.2 Å². The van der Waals surface area contributed by atoms with E-state index < -0.39 is 27.0 Å². The van der Waals surface area contributed by atoms with E-state index in [1.54, 1.807) is 19.1 Å². The number of sulfonamides is 1. The maximum Gasteiger partial charge on any atom is 0.573 e. The molecule has 5 nitrogen and oxygen atoms in total. The summed E-state index contributed by atoms with van der Waals surface area (Å²) in [7, 11) is -4.27. The zero-order valence-electron chi connectivity index (χ0n) is 11.3. The Morgan fingerprint density at radius 3 is 2.41 bits per heavy atom. The quantitative estimate of drug-likeness (QED) is 0.934. The minimum absolute atomic E-state index is 0.00168. The van der Waals surface area contributed by atoms with E-state index in [0.29, 0.717) is 5.69 Å². The van der Waals surface area contributed by atoms with Gasteiger partial charge < -0.3 is 4.74 Å². The second-order valence-corrected chi connectivity index (χ2v) is 5.92. The van der Waals surface area contributed by atoms with Crippen LogP contribution in [0.5, 0.6) is 5.75 Å². The Labute approximate surface area is 124 Å². The van der Waals surface area contributed by atoms with Crippen LogP contribution in [0.3, 0.4) is 0 Å². The Hall–Kier alpha value is -2.29. The second kappa shape index (κ2) is 5.84. The number of nitrogens with zero attached hydrogens (tertiary/aromatic N) is 1. The minimum atomic E-state index is -4.99. The summed E-state index contributed by atoms with van der Waals surface area (Å²) < 4.78 is 67.3. The van der Waals surface area contributed by atoms with E-state index in [4.69, 9.17) is 0 Å². The monoisotopic (exact) mass is 332 g/mol. The van der Waals surface area contributed by atoms with Gasteiger partial charge in [0.25, 0.3) is 10.0 Å². The van der Waals surface area contributed by atoms with Crippen molar-refractivity contribution in [2.24, 2.45) is 0 Å². The van der Waals surface area contributed by atoms with Crippen LogP contribution in [0.25, 0.3) is 0 Å². The third-order valence-corrected chi connectivity index (χ3v) is 3.89. The van der Waals surface area contributed by atoms with Crippen LogP contribution in [-0.2, 0) is 10.0 Å². The molecule has 1 aromatic carbocycles. The number of hydrogen-bond donors (Lipinski definition) is 1. The van der Waals surface area contributed by atoms with Crippen molar-refractivity contribution in [3.8, 4) is 5.75 Å². The molecule has 0 amide bonds. The van der Waals surface area contributed by atoms with E-state index in [2.05, 4.69) is 14.4 Å². The highest BCUT2D eigenvalue weighted by atomic mass is 32.2. The molecule has 0 aliphatic heterocycles. The van der Waals surface area contributed by atoms with Crippen LogP contribution in [0.15, 0.2) is 47.4 Å². The fourth-order valence-corrected chi connectivity index (χ4v) is 2.80. The standard InChI is InChI=1S/C13H11F3N2O3S/c1-9-5-4-8-12(17-9)18-22(19,20)11-7-3-2-6-10(11)21-13(14,15)16/h2-8H,1H3,(H,17,18). The van der Waals surface area contributed by atoms with Gasteiger partial charge in [-0.1, -0.05) is 18.2 Å². The Bertz CT molecular complexity index is 776. The molecule has 1 N–H and O–H groups in total. The molecule has 0 spiro atoms. The van der Waals surface area contributed by atoms with Gasteiger partial charge >= 0.3 is 6.36 Å². The van der Waals surface area contributed by atoms with Gasteiger partial charge in [0.1, 0.15) is 16.5 Å². The smallest absolute Gasteiger partial charge is 0.404 e. The molecule has 2 aromatic rings. The molecule has 0 saturated carbocycles. The second-order valence-electron chi connectivity index (χ2n) is 4.26. The molecule has 0 radical (unpaired) electrons. The van der Waals surface area contributed by atoms with Crippen molar-refractivity contribution in [3.05, 3.63) is 48.2 Å². The lowest BCUT2D eigenvalue weighted by Gasteiger charge is -2.14. The average Bonchev–Trinajstić information content (AvgIpc) is 2.36. The Balaban J connectivity index is 2.38. The highest BCUT2D eigenvalue weighted by molar-refractivity contribution is 7.92. The van der Waals surface area contributed by atoms with Gasteiger partial charge in [0.05, 0.1) is 0 Å². The SMILES string of the molecule is Cc1cccc(NS(=O)(=O)c2ccccc2OC(F)(F)F)n1. The van der Waals surface area contributed by atoms with Crippen molar-refractivity contribution < 1.29 is 26.3 Å². The molecule has 0 aliphatic carbocycles. The van der Waals surface area contributed by atoms with Crippen LogP contribution < -0.4 is 9.46 Å². The highest BCUT2D eigenvalue weighted by Gasteiger charge is 2.34. The van der Waals surface area contributed by atoms with Crippen molar-refractivity contribution in [2.75, 3.05) is 4.72 Å². The summed E-state index contributed by atoms with van der Waals surface area (Å²) in [5.74, 6) is -0.808. The number of pyridine rings is 1. The summed E-state index contributed by atoms with van der Waals surface area (Å²) in [6.45, 7) is 1.65. The van der Waals surface area contributed by atoms with E-state index in [0.717, 1.165) is 12.1 Å². The molecule has 2 rings (SSSR count). The fourth-order valence-electron chi connectivity index (χ4n) is 1.67. The number of alkyl halides is 3. The molecule has 0 saturated heterocycles. The lowest BCUT2D eigenvalue weighted by molar-refractivity contribution is -0.275. The van der Waals surface area contributed by atoms with Crippen molar-refractivity contribution in [2.45, 2.75) is 18.2 Å². The number of ether oxygens (including phenoxy) is 1. The number of rotatable bonds is 4. The van der Waals surface area contributed by atoms with Crippen LogP contribution in [0.2, 0.25) is 0 Å². The van der Waals surface area contributed by atoms with Crippen molar-refractivity contribution in [1.29, 1.82) is 0 Å². The van der Waals surface area contributed by atoms with Crippen molar-refractivity contribution in [3.63, 3.8) is 0 Å². The lowest BCUT2D eigenvalue weighted by Crippen LogP contribution is -2.21. The third-order valence-electron chi connectivity index (χ3n) is 2.49. The van der Waals surface area contributed by atoms with Crippen LogP contribution in [-0.4, -0.2) is 19.8 Å². The van der Waals surface area contributed by atoms with Crippen molar-refractivity contribution >= 4 is 15.8 Å². The fraction of sp³-hybridized carbons (Fsp3) is 0.154. The number of nitrogens with one attached hydrogen (secondary N) is 1. The van der Waals surface area contributed by atoms with E-state index in [1.165, 1.54) is 18.2 Å². The highest BCUT2D eigenvalue weighted by Crippen LogP contribution is 2.30. The van der Waals surface area contributed by atoms with Gasteiger partial charge in [0, 0.05) is 5.69 Å². The lowest BCUT2D eigenvalue weighted by atomic mass is 10.3. The molecular weight excluding hydrogens is 321 g/mol. The van der Waals surface area contributed by atoms with Gasteiger partial charge in [-0.15, -0.1) is 13.2 Å². The predicted molar refractivity (Wildman–Crippen MR) is 72.9 cm³/mol. The first-order valence-corrected chi connectivity index (χ1v) is 7.47. The molecule has 0 fully saturated rings. The van der Waals surface area contributed by atoms with E-state index in [1.807, 2.05) is 0 Å². The largest absolute Gasteiger partial charge is 0.573 e. The number of aromatic nitrogens is 1. The number of halogens is 3. The molecule has 1 aromatic heterocycles. The summed E-state index contributed by atoms with van der Waals surface area (Å²) in [5.41, 5.74) is 0.556. The van der Waals surface area contributed by atoms with Gasteiger partial charge in [0.15, 0.2) is 0 Å². The van der Waals surface area contributed by atoms with E-state index in [9.17, 15) is 21.6 Å². The van der Waals surface area contributed by atoms with Gasteiger partial charge in [-0.3, -0.25) is 4.72 Å². The Morgan fingerprint density at radius 2 is 1.77 bits per heavy atom. The first-order chi connectivity index (χ1) is 10.2. The van der Waals surface area contributed by atoms with Crippen LogP contribution in [0.1, 0.15) is 5.69 Å². The molecule has 9 heteroatoms. The molecule has 22 heavy (non-hydrogen) atoms. The zero-order chi connectivity index (χ0) is 16.4. The van der Waals surface area contributed by atoms with Crippen molar-refractivity contribution in [1.82, 2.24) is 4.98 Å². The number of benzene rings is 1. The number of aryl methyl sites for hydroxylation is 1. The molecule has 0 aliphatic rings. The Morgan fingerprint density at radius 1 is 1.09 bits per heavy atom. The predicted octanol–water partition coefficient (Wildman–Crippen LogP) is 3.09. The van der Waals surface area contributed by atoms with Crippen LogP contribution in [0, 0.1) is 6.92 Å². The molecule has 1 heterocycles. The summed E-state index contributed by atoms with van der Waals surface area (Å²) in [6, 6.07) is 9.08. The zero-order valence-corrected chi connectivity index (χ0v) is 12.1. The van der Waals surface area contributed by atoms with E-state index >= 15 is 0 Å². The summed E-state index contributed by atoms with van der Waals surface area (Å²) in [6.07, 6.45) is -4.99. The number of para-hydroxylation sites is 1. The summed E-state index contributed by atoms with van der Waals surface area (Å²) in [5, 5.41) is 0. The van der Waals surface area contributed by atoms with Crippen LogP contribution in [0.4, 0.5) is 19.0 Å². The first-order valence-electron chi connectivity index (χ1n) is 5.99. The van der Waals surface area contributed by atoms with E-state index in [-0.39, 0.29) is 5.82 Å². The topological polar surface area (TPSA) is 68.3 Å². The number of hydrogen-bond acceptors (Lipinski definition) is 4. The maximum atomic E-state index is 12.3. The molecule has 0 atom stereocenters. The molecule has 118 valence electrons. The summed E-state index contributed by atoms with van der Waals surface area (Å²) in [4.78, 5) is 3.31. The third kappa shape index (κ3) is 4.10. The maximum absolute atomic E-state index is 12.3. The Kier molecular flexibility index (Phi) is 4.27. The van der Waals surface area contributed by atoms with Crippen LogP contribution >= 0.6 is 0 Å². The van der Waals surface area contributed by atoms with Gasteiger partial charge in [0.2, 0.25) is 0 Å². The van der Waals surface area contributed by atoms with Gasteiger partial charge in [-0.25, -0.2) is 13.4 Å². The minimum Gasteiger partial charge on any atom is -0.404 e. The molecule has 0 unspecified atom stereocenters. The normalized spacial score (nSPS) is 12.0. The molecule has 0 bridgehead atoms.